The number of carbonyl (C=O) groups excluding carboxylic acids is 3. The van der Waals surface area contributed by atoms with E-state index < -0.39 is 42.4 Å². The van der Waals surface area contributed by atoms with E-state index in [4.69, 9.17) is 4.74 Å². The van der Waals surface area contributed by atoms with Gasteiger partial charge in [-0.05, 0) is 61.8 Å². The fourth-order valence-electron chi connectivity index (χ4n) is 8.27. The average molecular weight is 732 g/mol. The van der Waals surface area contributed by atoms with E-state index >= 15 is 4.11 Å². The Hall–Kier alpha value is -4.50. The average Bonchev–Trinajstić information content (AvgIpc) is 3.54. The Morgan fingerprint density at radius 3 is 2.56 bits per heavy atom. The summed E-state index contributed by atoms with van der Waals surface area (Å²) in [6.07, 6.45) is 0.471. The third kappa shape index (κ3) is 7.38. The van der Waals surface area contributed by atoms with Crippen molar-refractivity contribution >= 4 is 43.2 Å². The number of nitro groups is 1. The molecular weight excluding hydrogens is 686 g/mol. The van der Waals surface area contributed by atoms with Crippen molar-refractivity contribution in [3.63, 3.8) is 0 Å². The molecule has 14 heteroatoms. The number of nitro benzene ring substituents is 1. The number of ether oxygens (including phenoxy) is 1. The number of non-ortho nitro benzene ring substituents is 1. The van der Waals surface area contributed by atoms with Gasteiger partial charge in [0.05, 0.1) is 42.2 Å². The van der Waals surface area contributed by atoms with Crippen LogP contribution in [0.15, 0.2) is 72.8 Å². The quantitative estimate of drug-likeness (QED) is 0.0987. The second-order valence-corrected chi connectivity index (χ2v) is 18.4. The van der Waals surface area contributed by atoms with Gasteiger partial charge in [-0.15, -0.1) is 0 Å². The summed E-state index contributed by atoms with van der Waals surface area (Å²) in [7, 11) is -3.65. The second-order valence-electron chi connectivity index (χ2n) is 14.6. The number of halogens is 1. The lowest BCUT2D eigenvalue weighted by molar-refractivity contribution is -0.385. The maximum Gasteiger partial charge on any atom is 0.269 e. The number of hydrogen-bond donors (Lipinski definition) is 3. The lowest BCUT2D eigenvalue weighted by Gasteiger charge is -2.31. The lowest BCUT2D eigenvalue weighted by Crippen LogP contribution is -2.45. The van der Waals surface area contributed by atoms with Crippen LogP contribution < -0.4 is 15.5 Å². The standard InChI is InChI=1S/C38H46FN5O7Si/c1-25-35(52(2,3)39)33(21-34(46)42(17-18-45)23-26-9-5-4-6-10-26)51-38(25)31-20-30(44(49)50)14-15-32(31)43(37(38)48)24-27-11-7-13-29(19-27)41-36(47)28-12-8-16-40-22-28/h4-7,9-11,13-15,19-20,25,28,33,35,40,45H,8,12,16-18,21-24H2,1-3H3,(H,41,47)/t25-,28?,33+,35-,38+/m1/s1. The van der Waals surface area contributed by atoms with Crippen LogP contribution in [-0.4, -0.2) is 73.4 Å². The van der Waals surface area contributed by atoms with E-state index in [9.17, 15) is 29.6 Å². The monoisotopic (exact) mass is 731 g/mol. The molecule has 52 heavy (non-hydrogen) atoms. The highest BCUT2D eigenvalue weighted by Gasteiger charge is 2.67. The summed E-state index contributed by atoms with van der Waals surface area (Å²) in [4.78, 5) is 56.1. The number of benzene rings is 3. The van der Waals surface area contributed by atoms with E-state index in [1.54, 1.807) is 25.1 Å². The topological polar surface area (TPSA) is 154 Å². The number of carbonyl (C=O) groups is 3. The van der Waals surface area contributed by atoms with Gasteiger partial charge in [-0.25, -0.2) is 0 Å². The van der Waals surface area contributed by atoms with Gasteiger partial charge in [-0.2, -0.15) is 0 Å². The lowest BCUT2D eigenvalue weighted by atomic mass is 9.82. The van der Waals surface area contributed by atoms with Gasteiger partial charge in [0.2, 0.25) is 20.2 Å². The third-order valence-electron chi connectivity index (χ3n) is 10.7. The first-order valence-corrected chi connectivity index (χ1v) is 20.8. The minimum atomic E-state index is -3.65. The normalized spacial score (nSPS) is 24.2. The van der Waals surface area contributed by atoms with E-state index in [0.717, 1.165) is 24.9 Å². The van der Waals surface area contributed by atoms with Crippen LogP contribution in [0.3, 0.4) is 0 Å². The predicted octanol–water partition coefficient (Wildman–Crippen LogP) is 5.27. The Labute approximate surface area is 303 Å². The van der Waals surface area contributed by atoms with Gasteiger partial charge in [-0.1, -0.05) is 49.4 Å². The van der Waals surface area contributed by atoms with Crippen LogP contribution in [0.1, 0.15) is 42.9 Å². The molecule has 3 N–H and O–H groups in total. The summed E-state index contributed by atoms with van der Waals surface area (Å²) < 4.78 is 23.1. The van der Waals surface area contributed by atoms with Crippen LogP contribution in [0.25, 0.3) is 0 Å². The van der Waals surface area contributed by atoms with E-state index in [-0.39, 0.29) is 61.6 Å². The zero-order valence-corrected chi connectivity index (χ0v) is 30.7. The molecule has 3 aliphatic heterocycles. The summed E-state index contributed by atoms with van der Waals surface area (Å²) in [5, 5.41) is 28.0. The molecule has 12 nitrogen and oxygen atoms in total. The summed E-state index contributed by atoms with van der Waals surface area (Å²) in [5.74, 6) is -1.86. The maximum absolute atomic E-state index is 16.4. The number of fused-ring (bicyclic) bond motifs is 2. The third-order valence-corrected chi connectivity index (χ3v) is 13.1. The Balaban J connectivity index is 1.32. The summed E-state index contributed by atoms with van der Waals surface area (Å²) in [6, 6.07) is 20.7. The second kappa shape index (κ2) is 15.2. The van der Waals surface area contributed by atoms with Gasteiger partial charge in [0.15, 0.2) is 5.60 Å². The number of anilines is 2. The Kier molecular flexibility index (Phi) is 10.9. The molecule has 0 aliphatic carbocycles. The molecular formula is C38H46FN5O7Si. The van der Waals surface area contributed by atoms with Gasteiger partial charge in [-0.3, -0.25) is 24.5 Å². The summed E-state index contributed by atoms with van der Waals surface area (Å²) in [6.45, 7) is 6.35. The summed E-state index contributed by atoms with van der Waals surface area (Å²) in [5.41, 5.74) is -0.0316. The molecule has 3 aliphatic rings. The molecule has 276 valence electrons. The molecule has 3 aromatic rings. The van der Waals surface area contributed by atoms with Crippen LogP contribution in [-0.2, 0) is 37.8 Å². The minimum absolute atomic E-state index is 0.0566. The molecule has 2 saturated heterocycles. The van der Waals surface area contributed by atoms with E-state index in [2.05, 4.69) is 10.6 Å². The molecule has 1 unspecified atom stereocenters. The first-order valence-electron chi connectivity index (χ1n) is 17.8. The van der Waals surface area contributed by atoms with E-state index in [1.165, 1.54) is 41.1 Å². The fourth-order valence-corrected chi connectivity index (χ4v) is 10.8. The van der Waals surface area contributed by atoms with Crippen molar-refractivity contribution in [2.45, 2.75) is 69.6 Å². The number of hydrogen-bond acceptors (Lipinski definition) is 8. The van der Waals surface area contributed by atoms with Crippen molar-refractivity contribution in [2.75, 3.05) is 36.5 Å². The van der Waals surface area contributed by atoms with Gasteiger partial charge >= 0.3 is 0 Å². The largest absolute Gasteiger partial charge is 0.395 e. The molecule has 3 amide bonds. The Morgan fingerprint density at radius 2 is 1.88 bits per heavy atom. The van der Waals surface area contributed by atoms with Crippen molar-refractivity contribution in [1.29, 1.82) is 0 Å². The highest BCUT2D eigenvalue weighted by Crippen LogP contribution is 2.60. The number of amides is 3. The molecule has 0 aromatic heterocycles. The molecule has 6 rings (SSSR count). The van der Waals surface area contributed by atoms with Gasteiger partial charge in [0.1, 0.15) is 0 Å². The number of piperidine rings is 1. The molecule has 1 spiro atoms. The molecule has 0 radical (unpaired) electrons. The predicted molar refractivity (Wildman–Crippen MR) is 197 cm³/mol. The summed E-state index contributed by atoms with van der Waals surface area (Å²) >= 11 is 0. The number of aliphatic hydroxyl groups excluding tert-OH is 1. The first-order chi connectivity index (χ1) is 24.8. The zero-order valence-electron chi connectivity index (χ0n) is 29.7. The van der Waals surface area contributed by atoms with Crippen molar-refractivity contribution in [3.05, 3.63) is 99.6 Å². The number of rotatable bonds is 12. The molecule has 0 bridgehead atoms. The van der Waals surface area contributed by atoms with Crippen molar-refractivity contribution in [3.8, 4) is 0 Å². The SMILES string of the molecule is C[C@@H]1[C@@H]([Si](C)(C)F)[C@H](CC(=O)N(CCO)Cc2ccccc2)O[C@@]12C(=O)N(Cc1cccc(NC(=O)C3CCCNC3)c1)c1ccc([N+](=O)[O-])cc12. The first kappa shape index (κ1) is 37.3. The Bertz CT molecular complexity index is 1820. The van der Waals surface area contributed by atoms with Crippen molar-refractivity contribution in [1.82, 2.24) is 10.2 Å². The number of nitrogens with zero attached hydrogens (tertiary/aromatic N) is 3. The smallest absolute Gasteiger partial charge is 0.269 e. The maximum atomic E-state index is 16.4. The zero-order chi connectivity index (χ0) is 37.2. The number of nitrogens with one attached hydrogen (secondary N) is 2. The minimum Gasteiger partial charge on any atom is -0.395 e. The van der Waals surface area contributed by atoms with Crippen molar-refractivity contribution in [2.24, 2.45) is 11.8 Å². The number of aliphatic hydroxyl groups is 1. The van der Waals surface area contributed by atoms with Gasteiger partial charge < -0.3 is 34.4 Å². The van der Waals surface area contributed by atoms with Crippen LogP contribution in [0.4, 0.5) is 21.2 Å². The molecule has 3 aromatic carbocycles. The van der Waals surface area contributed by atoms with E-state index in [1.807, 2.05) is 36.4 Å². The molecule has 5 atom stereocenters. The van der Waals surface area contributed by atoms with Crippen LogP contribution in [0.5, 0.6) is 0 Å². The van der Waals surface area contributed by atoms with Gasteiger partial charge in [0, 0.05) is 54.5 Å². The van der Waals surface area contributed by atoms with Crippen LogP contribution >= 0.6 is 0 Å². The molecule has 2 fully saturated rings. The fraction of sp³-hybridized carbons (Fsp3) is 0.447. The highest BCUT2D eigenvalue weighted by atomic mass is 28.4. The Morgan fingerprint density at radius 1 is 1.13 bits per heavy atom. The van der Waals surface area contributed by atoms with Crippen LogP contribution in [0.2, 0.25) is 18.6 Å². The molecule has 3 heterocycles. The van der Waals surface area contributed by atoms with Crippen molar-refractivity contribution < 1.29 is 33.3 Å². The molecule has 0 saturated carbocycles. The van der Waals surface area contributed by atoms with Gasteiger partial charge in [0.25, 0.3) is 11.6 Å². The highest BCUT2D eigenvalue weighted by molar-refractivity contribution is 6.72. The van der Waals surface area contributed by atoms with E-state index in [0.29, 0.717) is 23.5 Å². The van der Waals surface area contributed by atoms with Crippen LogP contribution in [0, 0.1) is 22.0 Å².